The molecule has 0 radical (unpaired) electrons. The number of imide groups is 1. The first-order valence-corrected chi connectivity index (χ1v) is 19.8. The van der Waals surface area contributed by atoms with Crippen molar-refractivity contribution in [2.75, 3.05) is 65.6 Å². The zero-order chi connectivity index (χ0) is 41.9. The number of rotatable bonds is 18. The third-order valence-corrected chi connectivity index (χ3v) is 10.3. The van der Waals surface area contributed by atoms with E-state index >= 15 is 0 Å². The number of hydroxylamine groups is 2. The van der Waals surface area contributed by atoms with Crippen LogP contribution < -0.4 is 15.8 Å². The lowest BCUT2D eigenvalue weighted by Gasteiger charge is -2.21. The Morgan fingerprint density at radius 3 is 2.05 bits per heavy atom. The van der Waals surface area contributed by atoms with Gasteiger partial charge in [-0.15, -0.1) is 5.06 Å². The molecule has 0 spiro atoms. The van der Waals surface area contributed by atoms with Crippen molar-refractivity contribution >= 4 is 60.6 Å². The van der Waals surface area contributed by atoms with Crippen LogP contribution in [0.3, 0.4) is 0 Å². The molecule has 57 heavy (non-hydrogen) atoms. The number of methoxy groups -OCH3 is 1. The molecule has 20 nitrogen and oxygen atoms in total. The summed E-state index contributed by atoms with van der Waals surface area (Å²) in [6.45, 7) is 2.95. The predicted molar refractivity (Wildman–Crippen MR) is 196 cm³/mol. The number of hydrogen-bond donors (Lipinski definition) is 4. The average molecular weight is 836 g/mol. The van der Waals surface area contributed by atoms with Crippen molar-refractivity contribution in [2.45, 2.75) is 29.6 Å². The molecule has 2 aliphatic heterocycles. The van der Waals surface area contributed by atoms with Crippen molar-refractivity contribution in [1.82, 2.24) is 9.79 Å². The third kappa shape index (κ3) is 11.2. The highest BCUT2D eigenvalue weighted by atomic mass is 32.2. The predicted octanol–water partition coefficient (Wildman–Crippen LogP) is 1.46. The number of benzene rings is 3. The summed E-state index contributed by atoms with van der Waals surface area (Å²) < 4.78 is 93.2. The summed E-state index contributed by atoms with van der Waals surface area (Å²) in [4.78, 5) is 46.7. The van der Waals surface area contributed by atoms with E-state index in [1.54, 1.807) is 7.11 Å². The number of carboxylic acids is 1. The summed E-state index contributed by atoms with van der Waals surface area (Å²) in [5.74, 6) is -3.51. The van der Waals surface area contributed by atoms with Crippen molar-refractivity contribution in [1.29, 1.82) is 5.41 Å². The van der Waals surface area contributed by atoms with E-state index < -0.39 is 70.4 Å². The Morgan fingerprint density at radius 2 is 1.47 bits per heavy atom. The molecule has 2 aromatic carbocycles. The van der Waals surface area contributed by atoms with Crippen LogP contribution in [0.4, 0.5) is 5.69 Å². The molecule has 5 rings (SSSR count). The van der Waals surface area contributed by atoms with E-state index in [0.717, 1.165) is 13.0 Å². The highest BCUT2D eigenvalue weighted by Gasteiger charge is 2.32. The van der Waals surface area contributed by atoms with Crippen LogP contribution in [0.25, 0.3) is 33.4 Å². The number of nitrogen functional groups attached to an aromatic ring is 1. The maximum absolute atomic E-state index is 13.6. The quantitative estimate of drug-likeness (QED) is 0.0362. The largest absolute Gasteiger partial charge is 0.744 e. The molecule has 2 aromatic rings. The number of carbonyl (C=O) groups is 4. The molecule has 1 saturated heterocycles. The minimum absolute atomic E-state index is 0.0372. The van der Waals surface area contributed by atoms with E-state index in [2.05, 4.69) is 9.56 Å². The topological polar surface area (TPSA) is 304 Å². The van der Waals surface area contributed by atoms with Gasteiger partial charge in [-0.05, 0) is 35.9 Å². The Morgan fingerprint density at radius 1 is 0.877 bits per heavy atom. The second-order valence-electron chi connectivity index (χ2n) is 11.9. The molecule has 2 heterocycles. The van der Waals surface area contributed by atoms with Crippen LogP contribution in [0.1, 0.15) is 30.1 Å². The van der Waals surface area contributed by atoms with Gasteiger partial charge in [0.05, 0.1) is 62.9 Å². The Bertz CT molecular complexity index is 2370. The van der Waals surface area contributed by atoms with Gasteiger partial charge in [-0.25, -0.2) is 31.1 Å². The van der Waals surface area contributed by atoms with Crippen LogP contribution in [0.15, 0.2) is 62.7 Å². The standard InChI is InChI=1S/C29H33N3O12S2.C6H7NO4/c1-40-12-13-42-16-17-43-15-14-41-11-10-32-45(35,36)27-22(30)8-6-20-24(18-4-2-3-5-19(18)29(33)34)21-7-9-23(31)28(46(37,38)39)26(21)44-25(20)27;1-4(8)11-7-5(9)2-3-6(7)10/h2-9,31-32H,10-17,30H2,1H3,(H,33,34)(H,37,38,39);2-3H2,1H3/p-1. The van der Waals surface area contributed by atoms with Crippen LogP contribution >= 0.6 is 0 Å². The van der Waals surface area contributed by atoms with Crippen LogP contribution in [-0.2, 0) is 58.3 Å². The van der Waals surface area contributed by atoms with Crippen LogP contribution in [0, 0.1) is 5.41 Å². The highest BCUT2D eigenvalue weighted by Crippen LogP contribution is 2.45. The van der Waals surface area contributed by atoms with Crippen molar-refractivity contribution in [3.05, 3.63) is 59.5 Å². The van der Waals surface area contributed by atoms with E-state index in [1.165, 1.54) is 42.5 Å². The number of anilines is 1. The number of carbonyl (C=O) groups excluding carboxylic acids is 3. The smallest absolute Gasteiger partial charge is 0.336 e. The van der Waals surface area contributed by atoms with E-state index in [4.69, 9.17) is 34.5 Å². The number of nitrogens with two attached hydrogens (primary N) is 1. The van der Waals surface area contributed by atoms with Crippen LogP contribution in [-0.4, -0.2) is 115 Å². The van der Waals surface area contributed by atoms with Gasteiger partial charge in [-0.2, -0.15) is 0 Å². The monoisotopic (exact) mass is 835 g/mol. The molecule has 2 amide bonds. The SMILES string of the molecule is CC(=O)ON1C(=O)CCC1=O.COCCOCCOCCOCCNS(=O)(=O)c1c(N)ccc2c(-c3ccccc3C(=O)O)c3ccc(=N)c(S(=O)(=O)[O-])c-3oc12. The number of ether oxygens (including phenoxy) is 4. The van der Waals surface area contributed by atoms with Crippen molar-refractivity contribution in [3.63, 3.8) is 0 Å². The van der Waals surface area contributed by atoms with Gasteiger partial charge < -0.3 is 43.6 Å². The van der Waals surface area contributed by atoms with E-state index in [1.807, 2.05) is 0 Å². The molecule has 5 N–H and O–H groups in total. The molecule has 0 unspecified atom stereocenters. The first kappa shape index (κ1) is 44.4. The molecule has 1 aliphatic carbocycles. The number of nitrogens with zero attached hydrogens (tertiary/aromatic N) is 1. The zero-order valence-electron chi connectivity index (χ0n) is 30.6. The lowest BCUT2D eigenvalue weighted by molar-refractivity contribution is -0.195. The number of fused-ring (bicyclic) bond motifs is 2. The number of sulfonamides is 1. The Kier molecular flexibility index (Phi) is 15.3. The lowest BCUT2D eigenvalue weighted by atomic mass is 9.90. The van der Waals surface area contributed by atoms with Crippen molar-refractivity contribution in [2.24, 2.45) is 0 Å². The van der Waals surface area contributed by atoms with Gasteiger partial charge in [0.25, 0.3) is 11.8 Å². The van der Waals surface area contributed by atoms with Gasteiger partial charge in [0, 0.05) is 49.9 Å². The second kappa shape index (κ2) is 19.7. The van der Waals surface area contributed by atoms with Gasteiger partial charge in [0.1, 0.15) is 19.9 Å². The Hall–Kier alpha value is -5.33. The molecule has 0 atom stereocenters. The van der Waals surface area contributed by atoms with Gasteiger partial charge in [0.15, 0.2) is 11.3 Å². The maximum atomic E-state index is 13.6. The zero-order valence-corrected chi connectivity index (χ0v) is 32.2. The Labute approximate surface area is 326 Å². The van der Waals surface area contributed by atoms with Crippen molar-refractivity contribution in [3.8, 4) is 22.5 Å². The number of hydrogen-bond acceptors (Lipinski definition) is 17. The summed E-state index contributed by atoms with van der Waals surface area (Å²) in [5, 5.41) is 17.9. The maximum Gasteiger partial charge on any atom is 0.336 e. The number of aromatic carboxylic acids is 1. The van der Waals surface area contributed by atoms with Crippen molar-refractivity contribution < 1.29 is 73.9 Å². The summed E-state index contributed by atoms with van der Waals surface area (Å²) in [6, 6.07) is 10.8. The minimum Gasteiger partial charge on any atom is -0.744 e. The highest BCUT2D eigenvalue weighted by molar-refractivity contribution is 7.90. The van der Waals surface area contributed by atoms with Crippen LogP contribution in [0.5, 0.6) is 0 Å². The molecule has 3 aliphatic rings. The van der Waals surface area contributed by atoms with Gasteiger partial charge in [-0.1, -0.05) is 18.2 Å². The van der Waals surface area contributed by atoms with Gasteiger partial charge in [0.2, 0.25) is 10.0 Å². The third-order valence-electron chi connectivity index (χ3n) is 7.88. The molecule has 308 valence electrons. The first-order valence-electron chi connectivity index (χ1n) is 16.9. The Balaban J connectivity index is 0.000000563. The first-order chi connectivity index (χ1) is 27.0. The second-order valence-corrected chi connectivity index (χ2v) is 14.9. The minimum atomic E-state index is -5.33. The lowest BCUT2D eigenvalue weighted by Crippen LogP contribution is -2.30. The average Bonchev–Trinajstić information content (AvgIpc) is 3.45. The van der Waals surface area contributed by atoms with Gasteiger partial charge in [-0.3, -0.25) is 15.0 Å². The summed E-state index contributed by atoms with van der Waals surface area (Å²) in [7, 11) is -8.24. The summed E-state index contributed by atoms with van der Waals surface area (Å²) in [5.41, 5.74) is 5.29. The summed E-state index contributed by atoms with van der Waals surface area (Å²) >= 11 is 0. The fraction of sp³-hybridized carbons (Fsp3) is 0.343. The molecular formula is C35H39N4O16S2-. The molecule has 1 fully saturated rings. The number of amides is 2. The van der Waals surface area contributed by atoms with Crippen LogP contribution in [0.2, 0.25) is 0 Å². The molecule has 22 heteroatoms. The fourth-order valence-corrected chi connectivity index (χ4v) is 7.46. The molecule has 0 aromatic heterocycles. The molecular weight excluding hydrogens is 797 g/mol. The van der Waals surface area contributed by atoms with E-state index in [-0.39, 0.29) is 72.5 Å². The normalized spacial score (nSPS) is 13.2. The molecule has 0 bridgehead atoms. The number of nitrogens with one attached hydrogen (secondary N) is 2. The van der Waals surface area contributed by atoms with E-state index in [0.29, 0.717) is 31.5 Å². The van der Waals surface area contributed by atoms with E-state index in [9.17, 15) is 45.7 Å². The number of carboxylic acid groups (broad SMARTS) is 1. The fourth-order valence-electron chi connectivity index (χ4n) is 5.48. The molecule has 0 saturated carbocycles. The van der Waals surface area contributed by atoms with Gasteiger partial charge >= 0.3 is 11.9 Å². The summed E-state index contributed by atoms with van der Waals surface area (Å²) in [6.07, 6.45) is 0.262.